The Kier molecular flexibility index (Phi) is 3.79. The molecule has 1 amide bonds. The maximum Gasteiger partial charge on any atom is 0.259 e. The molecule has 6 nitrogen and oxygen atoms in total. The zero-order valence-corrected chi connectivity index (χ0v) is 11.1. The summed E-state index contributed by atoms with van der Waals surface area (Å²) in [7, 11) is 0. The summed E-state index contributed by atoms with van der Waals surface area (Å²) in [6, 6.07) is 5.64. The number of carbonyl (C=O) groups is 1. The molecule has 0 aliphatic heterocycles. The first-order chi connectivity index (χ1) is 9.13. The van der Waals surface area contributed by atoms with E-state index >= 15 is 0 Å². The van der Waals surface area contributed by atoms with E-state index < -0.39 is 0 Å². The molecule has 2 aromatic heterocycles. The Balaban J connectivity index is 2.21. The Morgan fingerprint density at radius 3 is 2.79 bits per heavy atom. The lowest BCUT2D eigenvalue weighted by Crippen LogP contribution is -2.31. The normalized spacial score (nSPS) is 10.4. The molecule has 0 spiro atoms. The number of aryl methyl sites for hydroxylation is 1. The van der Waals surface area contributed by atoms with Crippen LogP contribution in [0.4, 0.5) is 5.82 Å². The number of H-pyrrole nitrogens is 1. The zero-order valence-electron chi connectivity index (χ0n) is 11.1. The standard InChI is InChI=1S/C13H17N5O/c1-3-18(8-10-6-4-5-7-15-10)13(19)11-9(2)16-17-12(11)14/h4-7H,3,8H2,1-2H3,(H3,14,16,17). The number of anilines is 1. The summed E-state index contributed by atoms with van der Waals surface area (Å²) in [5, 5.41) is 6.57. The van der Waals surface area contributed by atoms with Crippen LogP contribution in [0.1, 0.15) is 28.7 Å². The minimum atomic E-state index is -0.128. The molecule has 2 heterocycles. The molecule has 19 heavy (non-hydrogen) atoms. The van der Waals surface area contributed by atoms with Gasteiger partial charge < -0.3 is 10.6 Å². The molecule has 0 fully saturated rings. The van der Waals surface area contributed by atoms with E-state index in [9.17, 15) is 4.79 Å². The average molecular weight is 259 g/mol. The molecule has 0 radical (unpaired) electrons. The fourth-order valence-corrected chi connectivity index (χ4v) is 1.89. The van der Waals surface area contributed by atoms with E-state index in [-0.39, 0.29) is 11.7 Å². The third-order valence-electron chi connectivity index (χ3n) is 2.94. The summed E-state index contributed by atoms with van der Waals surface area (Å²) in [6.07, 6.45) is 1.71. The van der Waals surface area contributed by atoms with Crippen LogP contribution in [0, 0.1) is 6.92 Å². The fourth-order valence-electron chi connectivity index (χ4n) is 1.89. The van der Waals surface area contributed by atoms with Gasteiger partial charge in [-0.1, -0.05) is 6.07 Å². The summed E-state index contributed by atoms with van der Waals surface area (Å²) < 4.78 is 0. The second-order valence-corrected chi connectivity index (χ2v) is 4.25. The SMILES string of the molecule is CCN(Cc1ccccn1)C(=O)c1c(N)n[nH]c1C. The largest absolute Gasteiger partial charge is 0.382 e. The van der Waals surface area contributed by atoms with Crippen LogP contribution in [-0.2, 0) is 6.54 Å². The van der Waals surface area contributed by atoms with Crippen LogP contribution in [0.15, 0.2) is 24.4 Å². The van der Waals surface area contributed by atoms with Gasteiger partial charge >= 0.3 is 0 Å². The van der Waals surface area contributed by atoms with Crippen LogP contribution >= 0.6 is 0 Å². The molecule has 0 bridgehead atoms. The van der Waals surface area contributed by atoms with E-state index in [0.29, 0.717) is 24.3 Å². The lowest BCUT2D eigenvalue weighted by Gasteiger charge is -2.20. The van der Waals surface area contributed by atoms with Gasteiger partial charge in [0.05, 0.1) is 12.2 Å². The lowest BCUT2D eigenvalue weighted by molar-refractivity contribution is 0.0751. The van der Waals surface area contributed by atoms with Gasteiger partial charge in [0.15, 0.2) is 5.82 Å². The van der Waals surface area contributed by atoms with E-state index in [2.05, 4.69) is 15.2 Å². The smallest absolute Gasteiger partial charge is 0.259 e. The quantitative estimate of drug-likeness (QED) is 0.867. The molecular formula is C13H17N5O. The number of nitrogens with one attached hydrogen (secondary N) is 1. The van der Waals surface area contributed by atoms with E-state index in [1.54, 1.807) is 18.0 Å². The zero-order chi connectivity index (χ0) is 13.8. The topological polar surface area (TPSA) is 87.9 Å². The highest BCUT2D eigenvalue weighted by Crippen LogP contribution is 2.16. The van der Waals surface area contributed by atoms with Crippen molar-refractivity contribution < 1.29 is 4.79 Å². The maximum absolute atomic E-state index is 12.4. The number of carbonyl (C=O) groups excluding carboxylic acids is 1. The highest BCUT2D eigenvalue weighted by atomic mass is 16.2. The van der Waals surface area contributed by atoms with Crippen LogP contribution in [0.3, 0.4) is 0 Å². The molecule has 2 rings (SSSR count). The number of amides is 1. The second kappa shape index (κ2) is 5.51. The van der Waals surface area contributed by atoms with Crippen molar-refractivity contribution in [3.05, 3.63) is 41.3 Å². The van der Waals surface area contributed by atoms with Gasteiger partial charge in [-0.25, -0.2) is 0 Å². The van der Waals surface area contributed by atoms with Gasteiger partial charge in [0.25, 0.3) is 5.91 Å². The molecule has 0 saturated carbocycles. The number of aromatic nitrogens is 3. The Hall–Kier alpha value is -2.37. The van der Waals surface area contributed by atoms with Crippen molar-refractivity contribution in [1.82, 2.24) is 20.1 Å². The third kappa shape index (κ3) is 2.73. The number of nitrogens with two attached hydrogens (primary N) is 1. The summed E-state index contributed by atoms with van der Waals surface area (Å²) in [6.45, 7) is 4.75. The summed E-state index contributed by atoms with van der Waals surface area (Å²) in [5.41, 5.74) is 7.69. The minimum absolute atomic E-state index is 0.128. The van der Waals surface area contributed by atoms with Crippen molar-refractivity contribution in [1.29, 1.82) is 0 Å². The Morgan fingerprint density at radius 2 is 2.26 bits per heavy atom. The molecule has 0 unspecified atom stereocenters. The fraction of sp³-hybridized carbons (Fsp3) is 0.308. The second-order valence-electron chi connectivity index (χ2n) is 4.25. The third-order valence-corrected chi connectivity index (χ3v) is 2.94. The van der Waals surface area contributed by atoms with Crippen molar-refractivity contribution >= 4 is 11.7 Å². The van der Waals surface area contributed by atoms with Gasteiger partial charge in [-0.15, -0.1) is 0 Å². The maximum atomic E-state index is 12.4. The molecule has 6 heteroatoms. The van der Waals surface area contributed by atoms with Crippen LogP contribution in [0.2, 0.25) is 0 Å². The molecule has 3 N–H and O–H groups in total. The number of aromatic amines is 1. The first-order valence-corrected chi connectivity index (χ1v) is 6.13. The number of hydrogen-bond acceptors (Lipinski definition) is 4. The predicted octanol–water partition coefficient (Wildman–Crippen LogP) is 1.36. The van der Waals surface area contributed by atoms with E-state index in [4.69, 9.17) is 5.73 Å². The van der Waals surface area contributed by atoms with E-state index in [1.807, 2.05) is 25.1 Å². The number of pyridine rings is 1. The molecule has 2 aromatic rings. The predicted molar refractivity (Wildman–Crippen MR) is 72.4 cm³/mol. The Labute approximate surface area is 111 Å². The van der Waals surface area contributed by atoms with Crippen molar-refractivity contribution in [3.63, 3.8) is 0 Å². The number of nitrogen functional groups attached to an aromatic ring is 1. The molecule has 100 valence electrons. The summed E-state index contributed by atoms with van der Waals surface area (Å²) >= 11 is 0. The van der Waals surface area contributed by atoms with Gasteiger partial charge in [0.1, 0.15) is 5.56 Å². The summed E-state index contributed by atoms with van der Waals surface area (Å²) in [4.78, 5) is 18.4. The molecule has 0 aliphatic carbocycles. The van der Waals surface area contributed by atoms with Crippen LogP contribution in [0.25, 0.3) is 0 Å². The molecule has 0 aliphatic rings. The highest BCUT2D eigenvalue weighted by molar-refractivity contribution is 5.99. The van der Waals surface area contributed by atoms with Gasteiger partial charge in [0, 0.05) is 18.4 Å². The average Bonchev–Trinajstić information content (AvgIpc) is 2.76. The van der Waals surface area contributed by atoms with E-state index in [1.165, 1.54) is 0 Å². The van der Waals surface area contributed by atoms with Crippen molar-refractivity contribution in [2.45, 2.75) is 20.4 Å². The van der Waals surface area contributed by atoms with Gasteiger partial charge in [-0.2, -0.15) is 5.10 Å². The van der Waals surface area contributed by atoms with Gasteiger partial charge in [-0.3, -0.25) is 14.9 Å². The van der Waals surface area contributed by atoms with Gasteiger partial charge in [-0.05, 0) is 26.0 Å². The molecule has 0 saturated heterocycles. The molecular weight excluding hydrogens is 242 g/mol. The lowest BCUT2D eigenvalue weighted by atomic mass is 10.2. The van der Waals surface area contributed by atoms with Crippen molar-refractivity contribution in [2.75, 3.05) is 12.3 Å². The van der Waals surface area contributed by atoms with E-state index in [0.717, 1.165) is 5.69 Å². The minimum Gasteiger partial charge on any atom is -0.382 e. The first-order valence-electron chi connectivity index (χ1n) is 6.13. The van der Waals surface area contributed by atoms with Crippen molar-refractivity contribution in [3.8, 4) is 0 Å². The van der Waals surface area contributed by atoms with Gasteiger partial charge in [0.2, 0.25) is 0 Å². The monoisotopic (exact) mass is 259 g/mol. The first kappa shape index (κ1) is 13.1. The van der Waals surface area contributed by atoms with Crippen LogP contribution < -0.4 is 5.73 Å². The number of nitrogens with zero attached hydrogens (tertiary/aromatic N) is 3. The summed E-state index contributed by atoms with van der Waals surface area (Å²) in [5.74, 6) is 0.110. The van der Waals surface area contributed by atoms with Crippen molar-refractivity contribution in [2.24, 2.45) is 0 Å². The Morgan fingerprint density at radius 1 is 1.47 bits per heavy atom. The Bertz CT molecular complexity index is 544. The molecule has 0 atom stereocenters. The van der Waals surface area contributed by atoms with Crippen LogP contribution in [-0.4, -0.2) is 32.5 Å². The number of hydrogen-bond donors (Lipinski definition) is 2. The highest BCUT2D eigenvalue weighted by Gasteiger charge is 2.21. The van der Waals surface area contributed by atoms with Crippen LogP contribution in [0.5, 0.6) is 0 Å². The number of rotatable bonds is 4. The molecule has 0 aromatic carbocycles.